The van der Waals surface area contributed by atoms with Gasteiger partial charge in [0.25, 0.3) is 0 Å². The molecule has 20 N–H and O–H groups in total. The number of thioether (sulfide) groups is 1. The van der Waals surface area contributed by atoms with Crippen LogP contribution in [-0.2, 0) is 84.8 Å². The van der Waals surface area contributed by atoms with Crippen LogP contribution in [-0.4, -0.2) is 184 Å². The van der Waals surface area contributed by atoms with Crippen molar-refractivity contribution in [2.75, 3.05) is 31.1 Å². The molecule has 0 aromatic heterocycles. The average molecular weight is 1630 g/mol. The Morgan fingerprint density at radius 1 is 0.470 bits per heavy atom. The zero-order valence-electron chi connectivity index (χ0n) is 68.8. The normalized spacial score (nSPS) is 24.1. The maximum absolute atomic E-state index is 15.1. The lowest BCUT2D eigenvalue weighted by molar-refractivity contribution is -0.142. The number of hydrogen-bond acceptors (Lipinski definition) is 19. The minimum Gasteiger partial charge on any atom is -0.481 e. The standard InChI is InChI=1S/C82H128N16O16S/c1-12-49(9)73-68(103)39-55(27-20-32-89-51(11)83)75(109)95-62(43-72(107)108)80(114)93-59(29-22-34-91-82(87)88)67(102)41-57(47(5)6)78(112)94-61(37-53-25-18-15-19-26-53)65(100)38-54(28-21-33-90-81(85)86)76(110)96-63(64(99)30-31-70(84)105)44-115-45-71(106)92-60(36-52-23-16-14-17-24-52)66(101)40-56(35-46(3)4)77(111)97-74(50(10)13-2)69(104)42-58(48(7)8)79(113)98-73/h14-19,23-26,46-50,54-63,73-74H,12-13,20-22,27-45H2,1-11H3,(H2,83,89)(H2,84,105)(H,92,106)(H,93,114)(H,94,112)(H,95,109)(H,96,110)(H,97,111)(H,98,113)(H,107,108)(H4,85,86,90)(H4,87,88,91)/t49-,50-,54+,55+,56+,57-,58-,59-,60-,61-,62-,63-,73-,74-/m0/s1. The summed E-state index contributed by atoms with van der Waals surface area (Å²) in [4.78, 5) is 229. The monoisotopic (exact) mass is 1620 g/mol. The molecule has 0 aliphatic carbocycles. The van der Waals surface area contributed by atoms with Crippen LogP contribution in [0.1, 0.15) is 196 Å². The summed E-state index contributed by atoms with van der Waals surface area (Å²) < 4.78 is 0. The van der Waals surface area contributed by atoms with Crippen molar-refractivity contribution >= 4 is 117 Å². The lowest BCUT2D eigenvalue weighted by atomic mass is 9.83. The smallest absolute Gasteiger partial charge is 0.305 e. The van der Waals surface area contributed by atoms with Gasteiger partial charge in [-0.3, -0.25) is 86.9 Å². The number of benzene rings is 2. The molecule has 1 heterocycles. The fourth-order valence-electron chi connectivity index (χ4n) is 13.5. The summed E-state index contributed by atoms with van der Waals surface area (Å²) in [6, 6.07) is 7.55. The number of nitrogens with zero attached hydrogens (tertiary/aromatic N) is 3. The summed E-state index contributed by atoms with van der Waals surface area (Å²) in [6.07, 6.45) is -3.60. The lowest BCUT2D eigenvalue weighted by Gasteiger charge is -2.31. The van der Waals surface area contributed by atoms with E-state index in [1.807, 2.05) is 20.8 Å². The summed E-state index contributed by atoms with van der Waals surface area (Å²) in [5, 5.41) is 29.7. The van der Waals surface area contributed by atoms with Gasteiger partial charge in [0, 0.05) is 99.9 Å². The van der Waals surface area contributed by atoms with Crippen LogP contribution in [0.2, 0.25) is 0 Å². The first-order chi connectivity index (χ1) is 54.2. The Morgan fingerprint density at radius 3 is 1.35 bits per heavy atom. The van der Waals surface area contributed by atoms with Gasteiger partial charge < -0.3 is 76.7 Å². The third-order valence-corrected chi connectivity index (χ3v) is 21.7. The number of amidine groups is 1. The largest absolute Gasteiger partial charge is 0.481 e. The quantitative estimate of drug-likeness (QED) is 0.0302. The van der Waals surface area contributed by atoms with Gasteiger partial charge in [0.1, 0.15) is 6.04 Å². The maximum Gasteiger partial charge on any atom is 0.305 e. The first-order valence-corrected chi connectivity index (χ1v) is 41.2. The molecule has 0 bridgehead atoms. The molecule has 33 heteroatoms. The molecule has 3 rings (SSSR count). The first-order valence-electron chi connectivity index (χ1n) is 40.1. The molecular formula is C82H128N16O16S. The molecule has 8 amide bonds. The first kappa shape index (κ1) is 99.2. The topological polar surface area (TPSA) is 554 Å². The molecule has 0 saturated carbocycles. The fourth-order valence-corrected chi connectivity index (χ4v) is 14.4. The molecule has 2 aromatic carbocycles. The van der Waals surface area contributed by atoms with Gasteiger partial charge in [0.05, 0.1) is 54.3 Å². The Labute approximate surface area is 680 Å². The highest BCUT2D eigenvalue weighted by atomic mass is 32.2. The van der Waals surface area contributed by atoms with Gasteiger partial charge in [-0.25, -0.2) is 0 Å². The lowest BCUT2D eigenvalue weighted by Crippen LogP contribution is -2.54. The van der Waals surface area contributed by atoms with E-state index in [1.165, 1.54) is 0 Å². The number of ketones is 6. The Balaban J connectivity index is 2.40. The number of hydrogen-bond donors (Lipinski definition) is 14. The minimum absolute atomic E-state index is 0.00114. The molecule has 1 saturated heterocycles. The zero-order valence-corrected chi connectivity index (χ0v) is 69.7. The van der Waals surface area contributed by atoms with Crippen LogP contribution in [0.25, 0.3) is 0 Å². The number of guanidine groups is 2. The van der Waals surface area contributed by atoms with E-state index in [-0.39, 0.29) is 119 Å². The molecule has 1 aliphatic heterocycles. The highest BCUT2D eigenvalue weighted by molar-refractivity contribution is 8.00. The zero-order chi connectivity index (χ0) is 86.2. The molecule has 1 aliphatic rings. The predicted octanol–water partition coefficient (Wildman–Crippen LogP) is 3.51. The van der Waals surface area contributed by atoms with Gasteiger partial charge in [0.2, 0.25) is 47.3 Å². The van der Waals surface area contributed by atoms with Crippen LogP contribution in [0.5, 0.6) is 0 Å². The molecule has 638 valence electrons. The second kappa shape index (κ2) is 51.8. The molecule has 32 nitrogen and oxygen atoms in total. The van der Waals surface area contributed by atoms with Gasteiger partial charge in [-0.05, 0) is 105 Å². The summed E-state index contributed by atoms with van der Waals surface area (Å²) in [7, 11) is 0. The van der Waals surface area contributed by atoms with E-state index < -0.39 is 228 Å². The van der Waals surface area contributed by atoms with Crippen LogP contribution in [0, 0.1) is 59.2 Å². The number of aliphatic carboxylic acids is 1. The van der Waals surface area contributed by atoms with E-state index in [0.29, 0.717) is 24.0 Å². The SMILES string of the molecule is CC[C@H](C)[C@@H]1NC(=O)[C@H](CC(C)C)CC(=O)[C@H](Cc2ccccc2)NC(=O)CSC[C@@H](C(=O)CCC(N)=O)NC(=O)[C@H](CCCN=C(N)N)CC(=O)[C@H](Cc2ccccc2)NC(=O)[C@H](C(C)C)CC(=O)[C@H](CCCN=C(N)N)NC(=O)[C@H](CC(=O)O)NC(=O)[C@H](CCCN=C(C)N)CC(=O)[C@H]([C@@H](C)CC)NC(=O)[C@H](C(C)C)CC1=O. The van der Waals surface area contributed by atoms with E-state index in [1.54, 1.807) is 116 Å². The van der Waals surface area contributed by atoms with Crippen LogP contribution in [0.3, 0.4) is 0 Å². The van der Waals surface area contributed by atoms with Crippen molar-refractivity contribution in [2.24, 2.45) is 109 Å². The Morgan fingerprint density at radius 2 is 0.878 bits per heavy atom. The fraction of sp³-hybridized carbons (Fsp3) is 0.634. The van der Waals surface area contributed by atoms with Crippen LogP contribution >= 0.6 is 11.8 Å². The molecule has 14 atom stereocenters. The summed E-state index contributed by atoms with van der Waals surface area (Å²) in [5.41, 5.74) is 35.2. The number of carboxylic acid groups (broad SMARTS) is 1. The van der Waals surface area contributed by atoms with Crippen LogP contribution in [0.15, 0.2) is 75.6 Å². The molecule has 0 spiro atoms. The average Bonchev–Trinajstić information content (AvgIpc) is 0.843. The summed E-state index contributed by atoms with van der Waals surface area (Å²) >= 11 is 0.910. The molecule has 2 aromatic rings. The number of nitrogens with two attached hydrogens (primary N) is 6. The number of rotatable bonds is 30. The molecule has 1 fully saturated rings. The van der Waals surface area contributed by atoms with Gasteiger partial charge in [-0.15, -0.1) is 11.8 Å². The van der Waals surface area contributed by atoms with E-state index in [2.05, 4.69) is 52.2 Å². The number of primary amides is 1. The Bertz CT molecular complexity index is 3680. The van der Waals surface area contributed by atoms with Crippen molar-refractivity contribution in [3.63, 3.8) is 0 Å². The highest BCUT2D eigenvalue weighted by Gasteiger charge is 2.41. The molecular weight excluding hydrogens is 1500 g/mol. The van der Waals surface area contributed by atoms with Gasteiger partial charge in [0.15, 0.2) is 46.6 Å². The second-order valence-electron chi connectivity index (χ2n) is 31.4. The van der Waals surface area contributed by atoms with Gasteiger partial charge in [-0.1, -0.05) is 143 Å². The van der Waals surface area contributed by atoms with Crippen molar-refractivity contribution in [3.05, 3.63) is 71.8 Å². The minimum atomic E-state index is -1.89. The number of carboxylic acids is 1. The van der Waals surface area contributed by atoms with Crippen LogP contribution < -0.4 is 71.6 Å². The number of Topliss-reactive ketones (excluding diaryl/α,β-unsaturated/α-hetero) is 6. The number of carbonyl (C=O) groups excluding carboxylic acids is 14. The van der Waals surface area contributed by atoms with Crippen molar-refractivity contribution in [2.45, 2.75) is 240 Å². The van der Waals surface area contributed by atoms with Crippen molar-refractivity contribution < 1.29 is 77.0 Å². The van der Waals surface area contributed by atoms with E-state index in [9.17, 15) is 72.2 Å². The third-order valence-electron chi connectivity index (χ3n) is 20.6. The Kier molecular flexibility index (Phi) is 44.7. The Hall–Kier alpha value is -9.95. The molecule has 115 heavy (non-hydrogen) atoms. The third kappa shape index (κ3) is 37.5. The van der Waals surface area contributed by atoms with E-state index in [0.717, 1.165) is 11.8 Å². The number of amides is 8. The van der Waals surface area contributed by atoms with Crippen molar-refractivity contribution in [1.82, 2.24) is 37.2 Å². The summed E-state index contributed by atoms with van der Waals surface area (Å²) in [6.45, 7) is 19.1. The molecule has 0 radical (unpaired) electrons. The maximum atomic E-state index is 15.1. The number of carbonyl (C=O) groups is 15. The summed E-state index contributed by atoms with van der Waals surface area (Å²) in [5.74, 6) is -21.0. The van der Waals surface area contributed by atoms with Crippen LogP contribution in [0.4, 0.5) is 0 Å². The highest BCUT2D eigenvalue weighted by Crippen LogP contribution is 2.28. The number of nitrogens with one attached hydrogen (secondary N) is 7. The predicted molar refractivity (Wildman–Crippen MR) is 442 cm³/mol. The van der Waals surface area contributed by atoms with E-state index in [4.69, 9.17) is 34.4 Å². The van der Waals surface area contributed by atoms with Crippen molar-refractivity contribution in [1.29, 1.82) is 0 Å². The van der Waals surface area contributed by atoms with Crippen molar-refractivity contribution in [3.8, 4) is 0 Å². The molecule has 0 unspecified atom stereocenters. The van der Waals surface area contributed by atoms with E-state index >= 15 is 4.79 Å². The van der Waals surface area contributed by atoms with Gasteiger partial charge >= 0.3 is 5.97 Å². The van der Waals surface area contributed by atoms with Gasteiger partial charge in [-0.2, -0.15) is 0 Å². The number of aliphatic imine (C=N–C) groups is 3. The second-order valence-corrected chi connectivity index (χ2v) is 32.4.